The van der Waals surface area contributed by atoms with Crippen LogP contribution in [0.4, 0.5) is 5.69 Å². The number of piperidine rings is 1. The Kier molecular flexibility index (Phi) is 6.11. The van der Waals surface area contributed by atoms with Gasteiger partial charge in [-0.15, -0.1) is 12.4 Å². The van der Waals surface area contributed by atoms with E-state index in [1.165, 1.54) is 6.07 Å². The molecule has 1 aromatic carbocycles. The number of nitrogens with one attached hydrogen (secondary N) is 2. The molecule has 1 aliphatic heterocycles. The molecule has 0 aromatic heterocycles. The highest BCUT2D eigenvalue weighted by Gasteiger charge is 2.23. The minimum atomic E-state index is -0.460. The van der Waals surface area contributed by atoms with Gasteiger partial charge < -0.3 is 10.6 Å². The zero-order valence-corrected chi connectivity index (χ0v) is 12.9. The molecule has 1 aliphatic rings. The van der Waals surface area contributed by atoms with Gasteiger partial charge >= 0.3 is 0 Å². The number of hydrogen-bond donors (Lipinski definition) is 2. The van der Waals surface area contributed by atoms with Crippen LogP contribution in [0.2, 0.25) is 0 Å². The summed E-state index contributed by atoms with van der Waals surface area (Å²) in [7, 11) is 0. The zero-order chi connectivity index (χ0) is 14.7. The van der Waals surface area contributed by atoms with Gasteiger partial charge in [0.15, 0.2) is 0 Å². The molecule has 2 N–H and O–H groups in total. The predicted octanol–water partition coefficient (Wildman–Crippen LogP) is 2.20. The van der Waals surface area contributed by atoms with Crippen LogP contribution in [0.1, 0.15) is 35.7 Å². The van der Waals surface area contributed by atoms with Gasteiger partial charge in [-0.05, 0) is 39.3 Å². The van der Waals surface area contributed by atoms with E-state index in [4.69, 9.17) is 0 Å². The highest BCUT2D eigenvalue weighted by atomic mass is 35.5. The summed E-state index contributed by atoms with van der Waals surface area (Å²) in [5.41, 5.74) is 0.777. The number of amides is 1. The number of hydrogen-bond acceptors (Lipinski definition) is 4. The lowest BCUT2D eigenvalue weighted by Crippen LogP contribution is -2.46. The van der Waals surface area contributed by atoms with Crippen molar-refractivity contribution >= 4 is 24.0 Å². The van der Waals surface area contributed by atoms with E-state index in [2.05, 4.69) is 17.6 Å². The Labute approximate surface area is 129 Å². The first-order valence-electron chi connectivity index (χ1n) is 6.77. The van der Waals surface area contributed by atoms with Crippen molar-refractivity contribution in [2.75, 3.05) is 6.54 Å². The maximum Gasteiger partial charge on any atom is 0.273 e. The summed E-state index contributed by atoms with van der Waals surface area (Å²) in [5.74, 6) is -0.231. The number of carbonyl (C=O) groups excluding carboxylic acids is 1. The molecule has 0 radical (unpaired) electrons. The maximum absolute atomic E-state index is 12.3. The van der Waals surface area contributed by atoms with E-state index in [0.717, 1.165) is 19.4 Å². The minimum Gasteiger partial charge on any atom is -0.349 e. The predicted molar refractivity (Wildman–Crippen MR) is 83.0 cm³/mol. The fraction of sp³-hybridized carbons (Fsp3) is 0.500. The van der Waals surface area contributed by atoms with Crippen molar-refractivity contribution in [1.82, 2.24) is 10.6 Å². The van der Waals surface area contributed by atoms with Crippen molar-refractivity contribution in [2.24, 2.45) is 0 Å². The third-order valence-corrected chi connectivity index (χ3v) is 3.71. The Morgan fingerprint density at radius 2 is 2.19 bits per heavy atom. The molecule has 2 unspecified atom stereocenters. The van der Waals surface area contributed by atoms with Crippen molar-refractivity contribution in [3.8, 4) is 0 Å². The number of halogens is 1. The van der Waals surface area contributed by atoms with Crippen LogP contribution in [0.3, 0.4) is 0 Å². The zero-order valence-electron chi connectivity index (χ0n) is 12.1. The van der Waals surface area contributed by atoms with Crippen LogP contribution in [0.25, 0.3) is 0 Å². The van der Waals surface area contributed by atoms with Crippen molar-refractivity contribution in [3.63, 3.8) is 0 Å². The summed E-state index contributed by atoms with van der Waals surface area (Å²) in [5, 5.41) is 17.2. The molecular formula is C14H20ClN3O3. The Bertz CT molecular complexity index is 536. The minimum absolute atomic E-state index is 0. The lowest BCUT2D eigenvalue weighted by molar-refractivity contribution is -0.385. The van der Waals surface area contributed by atoms with E-state index < -0.39 is 4.92 Å². The third-order valence-electron chi connectivity index (χ3n) is 3.71. The first-order valence-corrected chi connectivity index (χ1v) is 6.77. The Balaban J connectivity index is 0.00000220. The van der Waals surface area contributed by atoms with Crippen molar-refractivity contribution in [1.29, 1.82) is 0 Å². The summed E-state index contributed by atoms with van der Waals surface area (Å²) in [6.07, 6.45) is 1.75. The van der Waals surface area contributed by atoms with Gasteiger partial charge in [0, 0.05) is 29.3 Å². The van der Waals surface area contributed by atoms with Gasteiger partial charge in [-0.1, -0.05) is 6.07 Å². The first kappa shape index (κ1) is 17.4. The summed E-state index contributed by atoms with van der Waals surface area (Å²) >= 11 is 0. The van der Waals surface area contributed by atoms with Crippen molar-refractivity contribution < 1.29 is 9.72 Å². The summed E-state index contributed by atoms with van der Waals surface area (Å²) < 4.78 is 0. The van der Waals surface area contributed by atoms with E-state index in [0.29, 0.717) is 17.2 Å². The first-order chi connectivity index (χ1) is 9.49. The van der Waals surface area contributed by atoms with Gasteiger partial charge in [0.25, 0.3) is 11.6 Å². The molecule has 1 aromatic rings. The Morgan fingerprint density at radius 1 is 1.48 bits per heavy atom. The highest BCUT2D eigenvalue weighted by molar-refractivity contribution is 5.96. The molecule has 0 spiro atoms. The largest absolute Gasteiger partial charge is 0.349 e. The summed E-state index contributed by atoms with van der Waals surface area (Å²) in [6, 6.07) is 5.09. The molecular weight excluding hydrogens is 294 g/mol. The average Bonchev–Trinajstić information content (AvgIpc) is 2.38. The number of nitro benzene ring substituents is 1. The van der Waals surface area contributed by atoms with Crippen LogP contribution < -0.4 is 10.6 Å². The Morgan fingerprint density at radius 3 is 2.81 bits per heavy atom. The fourth-order valence-corrected chi connectivity index (χ4v) is 2.59. The number of benzene rings is 1. The summed E-state index contributed by atoms with van der Waals surface area (Å²) in [4.78, 5) is 22.7. The number of carbonyl (C=O) groups is 1. The smallest absolute Gasteiger partial charge is 0.273 e. The van der Waals surface area contributed by atoms with Crippen LogP contribution in [0.5, 0.6) is 0 Å². The van der Waals surface area contributed by atoms with Gasteiger partial charge in [0.2, 0.25) is 0 Å². The molecule has 2 atom stereocenters. The molecule has 1 saturated heterocycles. The molecule has 7 heteroatoms. The SMILES string of the molecule is Cc1c(C(=O)NC2CCNC(C)C2)cccc1[N+](=O)[O-].Cl. The average molecular weight is 314 g/mol. The number of rotatable bonds is 3. The molecule has 21 heavy (non-hydrogen) atoms. The lowest BCUT2D eigenvalue weighted by Gasteiger charge is -2.28. The van der Waals surface area contributed by atoms with Crippen LogP contribution in [-0.2, 0) is 0 Å². The van der Waals surface area contributed by atoms with E-state index in [-0.39, 0.29) is 30.0 Å². The normalized spacial score (nSPS) is 21.2. The van der Waals surface area contributed by atoms with E-state index in [1.807, 2.05) is 0 Å². The lowest BCUT2D eigenvalue weighted by atomic mass is 9.99. The molecule has 1 amide bonds. The second kappa shape index (κ2) is 7.38. The molecule has 1 fully saturated rings. The molecule has 116 valence electrons. The van der Waals surface area contributed by atoms with Crippen LogP contribution in [-0.4, -0.2) is 29.5 Å². The molecule has 0 saturated carbocycles. The second-order valence-electron chi connectivity index (χ2n) is 5.26. The van der Waals surface area contributed by atoms with Crippen LogP contribution in [0.15, 0.2) is 18.2 Å². The van der Waals surface area contributed by atoms with Gasteiger partial charge in [-0.25, -0.2) is 0 Å². The molecule has 1 heterocycles. The monoisotopic (exact) mass is 313 g/mol. The molecule has 0 aliphatic carbocycles. The van der Waals surface area contributed by atoms with Crippen LogP contribution >= 0.6 is 12.4 Å². The quantitative estimate of drug-likeness (QED) is 0.662. The number of nitrogens with zero attached hydrogens (tertiary/aromatic N) is 1. The van der Waals surface area contributed by atoms with Gasteiger partial charge in [0.1, 0.15) is 0 Å². The summed E-state index contributed by atoms with van der Waals surface area (Å²) in [6.45, 7) is 4.56. The standard InChI is InChI=1S/C14H19N3O3.ClH/c1-9-8-11(6-7-15-9)16-14(18)12-4-3-5-13(10(12)2)17(19)20;/h3-5,9,11,15H,6-8H2,1-2H3,(H,16,18);1H. The molecule has 0 bridgehead atoms. The number of nitro groups is 1. The molecule has 2 rings (SSSR count). The van der Waals surface area contributed by atoms with Crippen molar-refractivity contribution in [2.45, 2.75) is 38.8 Å². The van der Waals surface area contributed by atoms with Crippen molar-refractivity contribution in [3.05, 3.63) is 39.4 Å². The van der Waals surface area contributed by atoms with Gasteiger partial charge in [0.05, 0.1) is 4.92 Å². The molecule has 6 nitrogen and oxygen atoms in total. The van der Waals surface area contributed by atoms with Crippen LogP contribution in [0, 0.1) is 17.0 Å². The third kappa shape index (κ3) is 4.15. The Hall–Kier alpha value is -1.66. The van der Waals surface area contributed by atoms with Gasteiger partial charge in [-0.2, -0.15) is 0 Å². The topological polar surface area (TPSA) is 84.3 Å². The second-order valence-corrected chi connectivity index (χ2v) is 5.26. The van der Waals surface area contributed by atoms with E-state index in [1.54, 1.807) is 19.1 Å². The van der Waals surface area contributed by atoms with E-state index in [9.17, 15) is 14.9 Å². The fourth-order valence-electron chi connectivity index (χ4n) is 2.59. The van der Waals surface area contributed by atoms with E-state index >= 15 is 0 Å². The maximum atomic E-state index is 12.3. The van der Waals surface area contributed by atoms with Gasteiger partial charge in [-0.3, -0.25) is 14.9 Å². The highest BCUT2D eigenvalue weighted by Crippen LogP contribution is 2.21.